The molecule has 4 nitrogen and oxygen atoms in total. The molecule has 1 amide bonds. The second-order valence-electron chi connectivity index (χ2n) is 1.94. The Labute approximate surface area is 60.4 Å². The van der Waals surface area contributed by atoms with Gasteiger partial charge in [-0.1, -0.05) is 0 Å². The lowest BCUT2D eigenvalue weighted by Gasteiger charge is -2.00. The molecule has 0 bridgehead atoms. The molecule has 0 saturated carbocycles. The molecule has 1 unspecified atom stereocenters. The lowest BCUT2D eigenvalue weighted by atomic mass is 10.4. The van der Waals surface area contributed by atoms with Gasteiger partial charge in [0, 0.05) is 6.54 Å². The Morgan fingerprint density at radius 1 is 1.89 bits per heavy atom. The minimum Gasteiger partial charge on any atom is -0.438 e. The minimum absolute atomic E-state index is 0.362. The van der Waals surface area contributed by atoms with Gasteiger partial charge in [-0.05, 0) is 0 Å². The van der Waals surface area contributed by atoms with Crippen LogP contribution >= 0.6 is 0 Å². The van der Waals surface area contributed by atoms with E-state index in [1.165, 1.54) is 3.88 Å². The topological polar surface area (TPSA) is 46.6 Å². The summed E-state index contributed by atoms with van der Waals surface area (Å²) in [5, 5.41) is 0. The minimum atomic E-state index is -0.519. The molecule has 0 aromatic rings. The Morgan fingerprint density at radius 2 is 2.56 bits per heavy atom. The maximum Gasteiger partial charge on any atom is 0.386 e. The van der Waals surface area contributed by atoms with Crippen LogP contribution in [0.3, 0.4) is 0 Å². The predicted octanol–water partition coefficient (Wildman–Crippen LogP) is -1.45. The summed E-state index contributed by atoms with van der Waals surface area (Å²) >= 11 is 0.629. The van der Waals surface area contributed by atoms with Crippen molar-refractivity contribution in [1.82, 2.24) is 3.88 Å². The molecule has 0 spiro atoms. The molecule has 0 aliphatic carbocycles. The van der Waals surface area contributed by atoms with E-state index < -0.39 is 6.10 Å². The van der Waals surface area contributed by atoms with Crippen LogP contribution in [0.4, 0.5) is 4.79 Å². The third-order valence-electron chi connectivity index (χ3n) is 1.17. The smallest absolute Gasteiger partial charge is 0.386 e. The van der Waals surface area contributed by atoms with Crippen molar-refractivity contribution in [3.8, 4) is 0 Å². The van der Waals surface area contributed by atoms with Gasteiger partial charge < -0.3 is 8.62 Å². The third-order valence-corrected chi connectivity index (χ3v) is 1.90. The van der Waals surface area contributed by atoms with Gasteiger partial charge in [-0.3, -0.25) is 4.79 Å². The standard InChI is InChI=1S/C4H5NO3.Al.2H/c6-2-3-1-5-4(7)8-3;;;/h2-3H,1H2,(H,5,7);;;/q;+1;;/p-1. The molecule has 5 heteroatoms. The van der Waals surface area contributed by atoms with Crippen molar-refractivity contribution >= 4 is 28.9 Å². The summed E-state index contributed by atoms with van der Waals surface area (Å²) in [7, 11) is 0. The van der Waals surface area contributed by atoms with E-state index >= 15 is 0 Å². The van der Waals surface area contributed by atoms with Crippen molar-refractivity contribution < 1.29 is 14.3 Å². The highest BCUT2D eigenvalue weighted by atomic mass is 27.1. The van der Waals surface area contributed by atoms with Gasteiger partial charge in [0.05, 0.1) is 0 Å². The molecule has 1 heterocycles. The first-order valence-corrected chi connectivity index (χ1v) is 3.50. The molecule has 1 saturated heterocycles. The molecule has 0 N–H and O–H groups in total. The fourth-order valence-electron chi connectivity index (χ4n) is 0.672. The number of aldehydes is 1. The molecule has 1 rings (SSSR count). The van der Waals surface area contributed by atoms with Crippen molar-refractivity contribution in [2.24, 2.45) is 0 Å². The Morgan fingerprint density at radius 3 is 2.78 bits per heavy atom. The molecule has 1 aliphatic heterocycles. The van der Waals surface area contributed by atoms with Gasteiger partial charge in [-0.25, -0.2) is 4.79 Å². The number of carbonyl (C=O) groups excluding carboxylic acids is 2. The average Bonchev–Trinajstić information content (AvgIpc) is 2.13. The molecule has 9 heavy (non-hydrogen) atoms. The van der Waals surface area contributed by atoms with E-state index in [9.17, 15) is 9.59 Å². The maximum atomic E-state index is 10.5. The number of ether oxygens (including phenoxy) is 1. The van der Waals surface area contributed by atoms with Crippen LogP contribution in [0.25, 0.3) is 0 Å². The lowest BCUT2D eigenvalue weighted by molar-refractivity contribution is -0.113. The van der Waals surface area contributed by atoms with Crippen LogP contribution in [-0.2, 0) is 9.53 Å². The van der Waals surface area contributed by atoms with Gasteiger partial charge in [-0.2, -0.15) is 0 Å². The number of carbonyl (C=O) groups is 2. The predicted molar refractivity (Wildman–Crippen MR) is 31.6 cm³/mol. The van der Waals surface area contributed by atoms with Crippen molar-refractivity contribution in [2.75, 3.05) is 6.54 Å². The van der Waals surface area contributed by atoms with Gasteiger partial charge in [-0.15, -0.1) is 0 Å². The number of cyclic esters (lactones) is 1. The molecule has 1 fully saturated rings. The zero-order chi connectivity index (χ0) is 6.85. The highest BCUT2D eigenvalue weighted by Gasteiger charge is 2.25. The molecule has 1 aliphatic rings. The molecule has 48 valence electrons. The molecule has 0 aromatic carbocycles. The van der Waals surface area contributed by atoms with Crippen LogP contribution < -0.4 is 0 Å². The third kappa shape index (κ3) is 1.23. The van der Waals surface area contributed by atoms with Crippen molar-refractivity contribution in [3.05, 3.63) is 0 Å². The first-order chi connectivity index (χ1) is 4.24. The Balaban J connectivity index is 2.53. The zero-order valence-electron chi connectivity index (χ0n) is 5.03. The van der Waals surface area contributed by atoms with Crippen LogP contribution in [0, 0.1) is 0 Å². The average molecular weight is 143 g/mol. The van der Waals surface area contributed by atoms with E-state index in [4.69, 9.17) is 0 Å². The van der Waals surface area contributed by atoms with E-state index in [0.717, 1.165) is 0 Å². The Kier molecular flexibility index (Phi) is 1.74. The first-order valence-electron chi connectivity index (χ1n) is 2.61. The van der Waals surface area contributed by atoms with Crippen molar-refractivity contribution in [3.63, 3.8) is 0 Å². The Bertz CT molecular complexity index is 149. The van der Waals surface area contributed by atoms with Gasteiger partial charge in [0.2, 0.25) is 0 Å². The van der Waals surface area contributed by atoms with E-state index in [1.54, 1.807) is 0 Å². The molecule has 1 atom stereocenters. The van der Waals surface area contributed by atoms with Crippen LogP contribution in [0.2, 0.25) is 0 Å². The fourth-order valence-corrected chi connectivity index (χ4v) is 1.14. The number of amides is 1. The zero-order valence-corrected chi connectivity index (χ0v) is 7.03. The van der Waals surface area contributed by atoms with Gasteiger partial charge >= 0.3 is 22.6 Å². The van der Waals surface area contributed by atoms with Gasteiger partial charge in [0.15, 0.2) is 12.4 Å². The molecule has 0 radical (unpaired) electrons. The van der Waals surface area contributed by atoms with Crippen LogP contribution in [0.1, 0.15) is 0 Å². The highest BCUT2D eigenvalue weighted by Crippen LogP contribution is 2.04. The van der Waals surface area contributed by atoms with Crippen molar-refractivity contribution in [2.45, 2.75) is 6.10 Å². The summed E-state index contributed by atoms with van der Waals surface area (Å²) in [4.78, 5) is 20.5. The molecular weight excluding hydrogens is 137 g/mol. The fraction of sp³-hybridized carbons (Fsp3) is 0.500. The SMILES string of the molecule is O=CC1C[N]([AlH2])C(=O)O1. The van der Waals surface area contributed by atoms with Gasteiger partial charge in [0.25, 0.3) is 0 Å². The molecule has 0 aromatic heterocycles. The molecular formula is C4H6AlNO3. The second-order valence-corrected chi connectivity index (χ2v) is 3.02. The van der Waals surface area contributed by atoms with Crippen LogP contribution in [0.15, 0.2) is 0 Å². The monoisotopic (exact) mass is 143 g/mol. The summed E-state index contributed by atoms with van der Waals surface area (Å²) < 4.78 is 6.08. The summed E-state index contributed by atoms with van der Waals surface area (Å²) in [5.74, 6) is 0. The normalized spacial score (nSPS) is 26.0. The summed E-state index contributed by atoms with van der Waals surface area (Å²) in [6, 6.07) is 0. The lowest BCUT2D eigenvalue weighted by Crippen LogP contribution is -2.21. The first kappa shape index (κ1) is 6.59. The number of hydrogen-bond donors (Lipinski definition) is 0. The largest absolute Gasteiger partial charge is 0.438 e. The second kappa shape index (κ2) is 2.38. The van der Waals surface area contributed by atoms with Crippen LogP contribution in [0.5, 0.6) is 0 Å². The number of nitrogens with zero attached hydrogens (tertiary/aromatic N) is 1. The maximum absolute atomic E-state index is 10.5. The van der Waals surface area contributed by atoms with E-state index in [0.29, 0.717) is 29.3 Å². The summed E-state index contributed by atoms with van der Waals surface area (Å²) in [5.41, 5.74) is 0. The highest BCUT2D eigenvalue weighted by molar-refractivity contribution is 6.13. The Hall–Kier alpha value is -0.528. The quantitative estimate of drug-likeness (QED) is 0.333. The van der Waals surface area contributed by atoms with Crippen molar-refractivity contribution in [1.29, 1.82) is 0 Å². The van der Waals surface area contributed by atoms with Gasteiger partial charge in [0.1, 0.15) is 0 Å². The summed E-state index contributed by atoms with van der Waals surface area (Å²) in [6.45, 7) is 0.439. The van der Waals surface area contributed by atoms with E-state index in [2.05, 4.69) is 4.74 Å². The van der Waals surface area contributed by atoms with E-state index in [1.807, 2.05) is 0 Å². The number of rotatable bonds is 1. The van der Waals surface area contributed by atoms with E-state index in [-0.39, 0.29) is 6.09 Å². The number of hydrogen-bond acceptors (Lipinski definition) is 3. The summed E-state index contributed by atoms with van der Waals surface area (Å²) in [6.07, 6.45) is -0.232. The van der Waals surface area contributed by atoms with Crippen LogP contribution in [-0.4, -0.2) is 45.4 Å².